The molecule has 1 saturated carbocycles. The number of hydrogen-bond acceptors (Lipinski definition) is 3. The summed E-state index contributed by atoms with van der Waals surface area (Å²) in [6.07, 6.45) is 4.76. The quantitative estimate of drug-likeness (QED) is 0.849. The van der Waals surface area contributed by atoms with E-state index >= 15 is 0 Å². The van der Waals surface area contributed by atoms with E-state index < -0.39 is 0 Å². The van der Waals surface area contributed by atoms with Crippen molar-refractivity contribution in [1.29, 1.82) is 0 Å². The molecule has 4 nitrogen and oxygen atoms in total. The highest BCUT2D eigenvalue weighted by Gasteiger charge is 2.23. The summed E-state index contributed by atoms with van der Waals surface area (Å²) in [5.74, 6) is -0.0591. The summed E-state index contributed by atoms with van der Waals surface area (Å²) in [5.41, 5.74) is 3.27. The molecule has 0 heterocycles. The van der Waals surface area contributed by atoms with E-state index in [2.05, 4.69) is 12.2 Å². The summed E-state index contributed by atoms with van der Waals surface area (Å²) < 4.78 is 5.10. The number of rotatable bonds is 5. The maximum absolute atomic E-state index is 11.9. The number of amides is 1. The second kappa shape index (κ2) is 8.14. The van der Waals surface area contributed by atoms with Crippen LogP contribution in [-0.2, 0) is 20.7 Å². The van der Waals surface area contributed by atoms with Gasteiger partial charge in [-0.15, -0.1) is 0 Å². The zero-order valence-corrected chi connectivity index (χ0v) is 14.4. The maximum atomic E-state index is 11.9. The average molecular weight is 317 g/mol. The number of hydrogen-bond donors (Lipinski definition) is 1. The normalized spacial score (nSPS) is 20.8. The number of carbonyl (C=O) groups excluding carboxylic acids is 2. The van der Waals surface area contributed by atoms with Gasteiger partial charge in [-0.1, -0.05) is 38.0 Å². The van der Waals surface area contributed by atoms with Gasteiger partial charge < -0.3 is 10.1 Å². The molecule has 2 rings (SSSR count). The summed E-state index contributed by atoms with van der Waals surface area (Å²) in [6.45, 7) is 6.03. The first-order chi connectivity index (χ1) is 11.0. The van der Waals surface area contributed by atoms with E-state index in [0.29, 0.717) is 5.92 Å². The Morgan fingerprint density at radius 3 is 2.61 bits per heavy atom. The van der Waals surface area contributed by atoms with Crippen molar-refractivity contribution >= 4 is 11.9 Å². The zero-order chi connectivity index (χ0) is 16.8. The van der Waals surface area contributed by atoms with Crippen molar-refractivity contribution in [3.8, 4) is 0 Å². The van der Waals surface area contributed by atoms with E-state index in [-0.39, 0.29) is 30.9 Å². The van der Waals surface area contributed by atoms with Crippen LogP contribution >= 0.6 is 0 Å². The molecule has 0 spiro atoms. The predicted octanol–water partition coefficient (Wildman–Crippen LogP) is 3.08. The third-order valence-electron chi connectivity index (χ3n) is 4.74. The van der Waals surface area contributed by atoms with Gasteiger partial charge in [-0.2, -0.15) is 0 Å². The van der Waals surface area contributed by atoms with Gasteiger partial charge in [0.05, 0.1) is 6.42 Å². The summed E-state index contributed by atoms with van der Waals surface area (Å²) >= 11 is 0. The van der Waals surface area contributed by atoms with E-state index in [9.17, 15) is 9.59 Å². The first kappa shape index (κ1) is 17.5. The first-order valence-corrected chi connectivity index (χ1v) is 8.47. The Kier molecular flexibility index (Phi) is 6.20. The molecule has 2 atom stereocenters. The Hall–Kier alpha value is -1.84. The number of esters is 1. The molecule has 126 valence electrons. The van der Waals surface area contributed by atoms with Crippen molar-refractivity contribution in [3.05, 3.63) is 34.9 Å². The SMILES string of the molecule is Cc1ccc(CC(=O)OCC(=O)N[C@@H]2CCCC[C@@H]2C)cc1C. The minimum Gasteiger partial charge on any atom is -0.455 e. The predicted molar refractivity (Wildman–Crippen MR) is 90.1 cm³/mol. The van der Waals surface area contributed by atoms with Gasteiger partial charge in [-0.25, -0.2) is 0 Å². The smallest absolute Gasteiger partial charge is 0.310 e. The largest absolute Gasteiger partial charge is 0.455 e. The molecule has 1 fully saturated rings. The molecule has 0 aliphatic heterocycles. The van der Waals surface area contributed by atoms with Crippen molar-refractivity contribution in [1.82, 2.24) is 5.32 Å². The molecular formula is C19H27NO3. The average Bonchev–Trinajstić information content (AvgIpc) is 2.51. The highest BCUT2D eigenvalue weighted by molar-refractivity contribution is 5.81. The molecule has 0 aromatic heterocycles. The second-order valence-electron chi connectivity index (χ2n) is 6.69. The minimum absolute atomic E-state index is 0.188. The van der Waals surface area contributed by atoms with Gasteiger partial charge in [0.15, 0.2) is 6.61 Å². The van der Waals surface area contributed by atoms with Gasteiger partial charge in [0.1, 0.15) is 0 Å². The Balaban J connectivity index is 1.75. The lowest BCUT2D eigenvalue weighted by Crippen LogP contribution is -2.42. The van der Waals surface area contributed by atoms with Crippen molar-refractivity contribution in [2.45, 2.75) is 58.9 Å². The van der Waals surface area contributed by atoms with Crippen molar-refractivity contribution in [3.63, 3.8) is 0 Å². The van der Waals surface area contributed by atoms with Gasteiger partial charge in [0.25, 0.3) is 5.91 Å². The van der Waals surface area contributed by atoms with Crippen molar-refractivity contribution in [2.75, 3.05) is 6.61 Å². The van der Waals surface area contributed by atoms with Crippen LogP contribution in [0.1, 0.15) is 49.3 Å². The van der Waals surface area contributed by atoms with E-state index in [1.165, 1.54) is 12.0 Å². The molecule has 1 aliphatic carbocycles. The fourth-order valence-electron chi connectivity index (χ4n) is 3.06. The van der Waals surface area contributed by atoms with Gasteiger partial charge in [-0.3, -0.25) is 9.59 Å². The maximum Gasteiger partial charge on any atom is 0.310 e. The molecule has 23 heavy (non-hydrogen) atoms. The van der Waals surface area contributed by atoms with Crippen LogP contribution in [0.25, 0.3) is 0 Å². The molecular weight excluding hydrogens is 290 g/mol. The van der Waals surface area contributed by atoms with Gasteiger partial charge in [0.2, 0.25) is 0 Å². The third-order valence-corrected chi connectivity index (χ3v) is 4.74. The lowest BCUT2D eigenvalue weighted by atomic mass is 9.86. The molecule has 0 unspecified atom stereocenters. The van der Waals surface area contributed by atoms with Crippen LogP contribution in [-0.4, -0.2) is 24.5 Å². The van der Waals surface area contributed by atoms with Crippen LogP contribution < -0.4 is 5.32 Å². The van der Waals surface area contributed by atoms with Crippen LogP contribution in [0.15, 0.2) is 18.2 Å². The second-order valence-corrected chi connectivity index (χ2v) is 6.69. The summed E-state index contributed by atoms with van der Waals surface area (Å²) in [4.78, 5) is 23.8. The van der Waals surface area contributed by atoms with E-state index in [4.69, 9.17) is 4.74 Å². The highest BCUT2D eigenvalue weighted by atomic mass is 16.5. The van der Waals surface area contributed by atoms with E-state index in [1.807, 2.05) is 32.0 Å². The summed E-state index contributed by atoms with van der Waals surface area (Å²) in [7, 11) is 0. The number of benzene rings is 1. The number of nitrogens with one attached hydrogen (secondary N) is 1. The first-order valence-electron chi connectivity index (χ1n) is 8.47. The number of ether oxygens (including phenoxy) is 1. The lowest BCUT2D eigenvalue weighted by molar-refractivity contribution is -0.148. The Morgan fingerprint density at radius 2 is 1.91 bits per heavy atom. The molecule has 0 radical (unpaired) electrons. The molecule has 1 aliphatic rings. The standard InChI is InChI=1S/C19H27NO3/c1-13-8-9-16(10-15(13)3)11-19(22)23-12-18(21)20-17-7-5-4-6-14(17)2/h8-10,14,17H,4-7,11-12H2,1-3H3,(H,20,21)/t14-,17+/m0/s1. The number of aryl methyl sites for hydroxylation is 2. The Bertz CT molecular complexity index is 568. The van der Waals surface area contributed by atoms with Crippen LogP contribution in [0.4, 0.5) is 0 Å². The monoisotopic (exact) mass is 317 g/mol. The lowest BCUT2D eigenvalue weighted by Gasteiger charge is -2.29. The fourth-order valence-corrected chi connectivity index (χ4v) is 3.06. The summed E-state index contributed by atoms with van der Waals surface area (Å²) in [5, 5.41) is 2.99. The van der Waals surface area contributed by atoms with Crippen molar-refractivity contribution < 1.29 is 14.3 Å². The Labute approximate surface area is 138 Å². The fraction of sp³-hybridized carbons (Fsp3) is 0.579. The van der Waals surface area contributed by atoms with Gasteiger partial charge >= 0.3 is 5.97 Å². The molecule has 1 aromatic carbocycles. The Morgan fingerprint density at radius 1 is 1.17 bits per heavy atom. The van der Waals surface area contributed by atoms with E-state index in [1.54, 1.807) is 0 Å². The molecule has 0 saturated heterocycles. The van der Waals surface area contributed by atoms with Gasteiger partial charge in [-0.05, 0) is 49.3 Å². The van der Waals surface area contributed by atoms with Crippen molar-refractivity contribution in [2.24, 2.45) is 5.92 Å². The third kappa shape index (κ3) is 5.38. The molecule has 1 N–H and O–H groups in total. The number of carbonyl (C=O) groups is 2. The van der Waals surface area contributed by atoms with Crippen LogP contribution in [0, 0.1) is 19.8 Å². The van der Waals surface area contributed by atoms with E-state index in [0.717, 1.165) is 30.4 Å². The summed E-state index contributed by atoms with van der Waals surface area (Å²) in [6, 6.07) is 6.12. The minimum atomic E-state index is -0.361. The molecule has 1 amide bonds. The van der Waals surface area contributed by atoms with Crippen LogP contribution in [0.2, 0.25) is 0 Å². The van der Waals surface area contributed by atoms with Gasteiger partial charge in [0, 0.05) is 6.04 Å². The molecule has 1 aromatic rings. The topological polar surface area (TPSA) is 55.4 Å². The zero-order valence-electron chi connectivity index (χ0n) is 14.4. The van der Waals surface area contributed by atoms with Crippen LogP contribution in [0.5, 0.6) is 0 Å². The molecule has 4 heteroatoms. The molecule has 0 bridgehead atoms. The highest BCUT2D eigenvalue weighted by Crippen LogP contribution is 2.23. The van der Waals surface area contributed by atoms with Crippen LogP contribution in [0.3, 0.4) is 0 Å².